The maximum absolute atomic E-state index is 6.00. The number of aliphatic imine (C=N–C) groups is 1. The molecule has 0 spiro atoms. The van der Waals surface area contributed by atoms with Gasteiger partial charge in [0.25, 0.3) is 0 Å². The van der Waals surface area contributed by atoms with Gasteiger partial charge in [-0.15, -0.1) is 0 Å². The van der Waals surface area contributed by atoms with Crippen LogP contribution < -0.4 is 11.1 Å². The monoisotopic (exact) mass is 304 g/mol. The molecule has 2 rings (SSSR count). The van der Waals surface area contributed by atoms with E-state index < -0.39 is 0 Å². The number of guanidine groups is 1. The number of benzene rings is 1. The smallest absolute Gasteiger partial charge is 0.188 e. The fourth-order valence-corrected chi connectivity index (χ4v) is 3.00. The quantitative estimate of drug-likeness (QED) is 0.595. The minimum absolute atomic E-state index is 0.523. The Morgan fingerprint density at radius 2 is 2.18 bits per heavy atom. The molecular formula is C17H28N4O. The second-order valence-electron chi connectivity index (χ2n) is 5.71. The molecular weight excluding hydrogens is 276 g/mol. The van der Waals surface area contributed by atoms with Crippen molar-refractivity contribution < 1.29 is 4.74 Å². The Bertz CT molecular complexity index is 489. The van der Waals surface area contributed by atoms with Crippen LogP contribution in [0.15, 0.2) is 29.3 Å². The first-order valence-electron chi connectivity index (χ1n) is 8.08. The molecule has 1 heterocycles. The fourth-order valence-electron chi connectivity index (χ4n) is 3.00. The minimum atomic E-state index is 0.523. The number of nitrogens with one attached hydrogen (secondary N) is 1. The molecule has 0 radical (unpaired) electrons. The Hall–Kier alpha value is -1.59. The molecule has 1 saturated heterocycles. The zero-order valence-corrected chi connectivity index (χ0v) is 13.7. The van der Waals surface area contributed by atoms with Crippen LogP contribution >= 0.6 is 0 Å². The first-order valence-corrected chi connectivity index (χ1v) is 8.08. The van der Waals surface area contributed by atoms with E-state index >= 15 is 0 Å². The third kappa shape index (κ3) is 4.71. The van der Waals surface area contributed by atoms with E-state index in [0.29, 0.717) is 25.2 Å². The lowest BCUT2D eigenvalue weighted by molar-refractivity contribution is 0.184. The summed E-state index contributed by atoms with van der Waals surface area (Å²) in [4.78, 5) is 6.95. The molecule has 22 heavy (non-hydrogen) atoms. The topological polar surface area (TPSA) is 62.9 Å². The maximum atomic E-state index is 6.00. The number of hydrogen-bond donors (Lipinski definition) is 2. The van der Waals surface area contributed by atoms with Crippen molar-refractivity contribution in [3.63, 3.8) is 0 Å². The van der Waals surface area contributed by atoms with Crippen molar-refractivity contribution in [3.05, 3.63) is 35.4 Å². The van der Waals surface area contributed by atoms with Gasteiger partial charge in [-0.2, -0.15) is 0 Å². The van der Waals surface area contributed by atoms with Gasteiger partial charge in [0.1, 0.15) is 0 Å². The van der Waals surface area contributed by atoms with Crippen molar-refractivity contribution in [2.45, 2.75) is 39.0 Å². The first kappa shape index (κ1) is 16.8. The van der Waals surface area contributed by atoms with Crippen molar-refractivity contribution in [1.29, 1.82) is 0 Å². The van der Waals surface area contributed by atoms with Gasteiger partial charge < -0.3 is 15.8 Å². The Balaban J connectivity index is 1.85. The number of methoxy groups -OCH3 is 1. The molecule has 0 amide bonds. The normalized spacial score (nSPS) is 19.5. The van der Waals surface area contributed by atoms with Gasteiger partial charge >= 0.3 is 0 Å². The lowest BCUT2D eigenvalue weighted by Crippen LogP contribution is -2.42. The van der Waals surface area contributed by atoms with Crippen molar-refractivity contribution in [2.75, 3.05) is 26.7 Å². The van der Waals surface area contributed by atoms with E-state index in [4.69, 9.17) is 10.5 Å². The molecule has 1 aromatic rings. The predicted molar refractivity (Wildman–Crippen MR) is 90.8 cm³/mol. The largest absolute Gasteiger partial charge is 0.380 e. The highest BCUT2D eigenvalue weighted by molar-refractivity contribution is 5.77. The van der Waals surface area contributed by atoms with Gasteiger partial charge in [-0.05, 0) is 37.1 Å². The summed E-state index contributed by atoms with van der Waals surface area (Å²) in [6.07, 6.45) is 2.52. The summed E-state index contributed by atoms with van der Waals surface area (Å²) < 4.78 is 5.21. The summed E-state index contributed by atoms with van der Waals surface area (Å²) in [5.41, 5.74) is 8.32. The van der Waals surface area contributed by atoms with Crippen LogP contribution in [0, 0.1) is 0 Å². The van der Waals surface area contributed by atoms with E-state index in [2.05, 4.69) is 34.3 Å². The van der Waals surface area contributed by atoms with Crippen LogP contribution in [0.1, 0.15) is 30.9 Å². The second-order valence-corrected chi connectivity index (χ2v) is 5.71. The first-order chi connectivity index (χ1) is 10.7. The lowest BCUT2D eigenvalue weighted by atomic mass is 10.1. The Kier molecular flexibility index (Phi) is 6.68. The molecule has 1 aliphatic heterocycles. The SMILES string of the molecule is CCN1CCCC1CNC(N)=NCc1ccccc1COC. The predicted octanol–water partition coefficient (Wildman–Crippen LogP) is 1.72. The van der Waals surface area contributed by atoms with Gasteiger partial charge in [0, 0.05) is 19.7 Å². The van der Waals surface area contributed by atoms with E-state index in [1.165, 1.54) is 19.4 Å². The highest BCUT2D eigenvalue weighted by atomic mass is 16.5. The molecule has 0 aromatic heterocycles. The van der Waals surface area contributed by atoms with Crippen LogP contribution in [-0.2, 0) is 17.9 Å². The molecule has 1 unspecified atom stereocenters. The van der Waals surface area contributed by atoms with Gasteiger partial charge in [0.15, 0.2) is 5.96 Å². The van der Waals surface area contributed by atoms with Crippen LogP contribution in [0.25, 0.3) is 0 Å². The Morgan fingerprint density at radius 1 is 1.41 bits per heavy atom. The molecule has 0 bridgehead atoms. The summed E-state index contributed by atoms with van der Waals surface area (Å²) in [5.74, 6) is 0.523. The zero-order valence-electron chi connectivity index (χ0n) is 13.7. The van der Waals surface area contributed by atoms with Crippen LogP contribution in [0.3, 0.4) is 0 Å². The van der Waals surface area contributed by atoms with Crippen LogP contribution in [-0.4, -0.2) is 43.6 Å². The zero-order chi connectivity index (χ0) is 15.8. The van der Waals surface area contributed by atoms with Crippen LogP contribution in [0.5, 0.6) is 0 Å². The lowest BCUT2D eigenvalue weighted by Gasteiger charge is -2.23. The number of rotatable bonds is 7. The van der Waals surface area contributed by atoms with E-state index in [-0.39, 0.29) is 0 Å². The standard InChI is InChI=1S/C17H28N4O/c1-3-21-10-6-9-16(21)12-20-17(18)19-11-14-7-4-5-8-15(14)13-22-2/h4-5,7-8,16H,3,6,9-13H2,1-2H3,(H3,18,19,20). The van der Waals surface area contributed by atoms with E-state index in [1.807, 2.05) is 12.1 Å². The summed E-state index contributed by atoms with van der Waals surface area (Å²) in [7, 11) is 1.71. The van der Waals surface area contributed by atoms with Gasteiger partial charge in [0.05, 0.1) is 13.2 Å². The Labute approximate surface area is 133 Å². The Morgan fingerprint density at radius 3 is 2.91 bits per heavy atom. The summed E-state index contributed by atoms with van der Waals surface area (Å²) in [6, 6.07) is 8.75. The molecule has 0 aliphatic carbocycles. The average molecular weight is 304 g/mol. The van der Waals surface area contributed by atoms with Gasteiger partial charge in [-0.3, -0.25) is 4.90 Å². The molecule has 1 aliphatic rings. The molecule has 122 valence electrons. The van der Waals surface area contributed by atoms with Gasteiger partial charge in [-0.1, -0.05) is 31.2 Å². The highest BCUT2D eigenvalue weighted by Gasteiger charge is 2.22. The van der Waals surface area contributed by atoms with Crippen molar-refractivity contribution >= 4 is 5.96 Å². The van der Waals surface area contributed by atoms with Crippen molar-refractivity contribution in [1.82, 2.24) is 10.2 Å². The number of nitrogens with zero attached hydrogens (tertiary/aromatic N) is 2. The van der Waals surface area contributed by atoms with E-state index in [1.54, 1.807) is 7.11 Å². The third-order valence-electron chi connectivity index (χ3n) is 4.26. The van der Waals surface area contributed by atoms with Crippen molar-refractivity contribution in [2.24, 2.45) is 10.7 Å². The van der Waals surface area contributed by atoms with Gasteiger partial charge in [0.2, 0.25) is 0 Å². The second kappa shape index (κ2) is 8.76. The third-order valence-corrected chi connectivity index (χ3v) is 4.26. The molecule has 1 aromatic carbocycles. The molecule has 5 heteroatoms. The number of ether oxygens (including phenoxy) is 1. The fraction of sp³-hybridized carbons (Fsp3) is 0.588. The molecule has 3 N–H and O–H groups in total. The van der Waals surface area contributed by atoms with E-state index in [0.717, 1.165) is 24.2 Å². The van der Waals surface area contributed by atoms with Crippen LogP contribution in [0.4, 0.5) is 0 Å². The number of hydrogen-bond acceptors (Lipinski definition) is 3. The molecule has 1 atom stereocenters. The summed E-state index contributed by atoms with van der Waals surface area (Å²) in [5, 5.41) is 3.27. The van der Waals surface area contributed by atoms with Gasteiger partial charge in [-0.25, -0.2) is 4.99 Å². The maximum Gasteiger partial charge on any atom is 0.188 e. The van der Waals surface area contributed by atoms with E-state index in [9.17, 15) is 0 Å². The number of likely N-dealkylation sites (N-methyl/N-ethyl adjacent to an activating group) is 1. The number of likely N-dealkylation sites (tertiary alicyclic amines) is 1. The molecule has 0 saturated carbocycles. The summed E-state index contributed by atoms with van der Waals surface area (Å²) in [6.45, 7) is 6.58. The number of nitrogens with two attached hydrogens (primary N) is 1. The summed E-state index contributed by atoms with van der Waals surface area (Å²) >= 11 is 0. The minimum Gasteiger partial charge on any atom is -0.380 e. The van der Waals surface area contributed by atoms with Crippen LogP contribution in [0.2, 0.25) is 0 Å². The van der Waals surface area contributed by atoms with Crippen molar-refractivity contribution in [3.8, 4) is 0 Å². The highest BCUT2D eigenvalue weighted by Crippen LogP contribution is 2.15. The molecule has 1 fully saturated rings. The molecule has 5 nitrogen and oxygen atoms in total. The average Bonchev–Trinajstić information content (AvgIpc) is 3.00.